The molecule has 0 fully saturated rings. The van der Waals surface area contributed by atoms with Gasteiger partial charge >= 0.3 is 0 Å². The fourth-order valence-electron chi connectivity index (χ4n) is 2.99. The first kappa shape index (κ1) is 8.28. The molecule has 3 rings (SSSR count). The zero-order valence-corrected chi connectivity index (χ0v) is 8.98. The van der Waals surface area contributed by atoms with E-state index in [1.165, 1.54) is 36.8 Å². The van der Waals surface area contributed by atoms with E-state index >= 15 is 0 Å². The highest BCUT2D eigenvalue weighted by molar-refractivity contribution is 5.67. The Kier molecular flexibility index (Phi) is 1.61. The van der Waals surface area contributed by atoms with Gasteiger partial charge in [0.25, 0.3) is 0 Å². The second-order valence-corrected chi connectivity index (χ2v) is 4.73. The number of fused-ring (bicyclic) bond motifs is 2. The Balaban J connectivity index is 2.25. The molecule has 0 heteroatoms. The van der Waals surface area contributed by atoms with E-state index in [2.05, 4.69) is 26.0 Å². The van der Waals surface area contributed by atoms with Crippen molar-refractivity contribution in [1.29, 1.82) is 0 Å². The molecule has 2 aliphatic carbocycles. The van der Waals surface area contributed by atoms with Crippen LogP contribution in [0.3, 0.4) is 0 Å². The molecule has 0 heterocycles. The van der Waals surface area contributed by atoms with Gasteiger partial charge in [0.1, 0.15) is 0 Å². The minimum atomic E-state index is 1.19. The standard InChI is InChI=1S/C14H16/c1-9-6-12-8-11-4-3-5-13(11)10(2)14(12)7-9/h6,8H,3-5,7H2,1-2H3. The lowest BCUT2D eigenvalue weighted by molar-refractivity contribution is 0.908. The van der Waals surface area contributed by atoms with Gasteiger partial charge in [0.2, 0.25) is 0 Å². The summed E-state index contributed by atoms with van der Waals surface area (Å²) in [4.78, 5) is 0. The molecular weight excluding hydrogens is 168 g/mol. The van der Waals surface area contributed by atoms with Gasteiger partial charge in [-0.1, -0.05) is 17.7 Å². The van der Waals surface area contributed by atoms with Crippen molar-refractivity contribution in [1.82, 2.24) is 0 Å². The highest BCUT2D eigenvalue weighted by atomic mass is 14.2. The number of benzene rings is 1. The number of hydrogen-bond donors (Lipinski definition) is 0. The smallest absolute Gasteiger partial charge is 0.00579 e. The van der Waals surface area contributed by atoms with Crippen molar-refractivity contribution in [3.8, 4) is 0 Å². The predicted molar refractivity (Wildman–Crippen MR) is 60.6 cm³/mol. The summed E-state index contributed by atoms with van der Waals surface area (Å²) in [6.45, 7) is 4.56. The topological polar surface area (TPSA) is 0 Å². The number of aryl methyl sites for hydroxylation is 1. The number of allylic oxidation sites excluding steroid dienone is 1. The van der Waals surface area contributed by atoms with Gasteiger partial charge in [-0.15, -0.1) is 0 Å². The van der Waals surface area contributed by atoms with Crippen LogP contribution in [0, 0.1) is 6.92 Å². The molecule has 0 saturated heterocycles. The first-order valence-electron chi connectivity index (χ1n) is 5.57. The van der Waals surface area contributed by atoms with Crippen molar-refractivity contribution in [2.45, 2.75) is 39.5 Å². The maximum Gasteiger partial charge on any atom is -0.00579 e. The van der Waals surface area contributed by atoms with Gasteiger partial charge in [0.15, 0.2) is 0 Å². The van der Waals surface area contributed by atoms with E-state index in [1.54, 1.807) is 22.3 Å². The Labute approximate surface area is 85.6 Å². The molecule has 0 saturated carbocycles. The first-order chi connectivity index (χ1) is 6.75. The van der Waals surface area contributed by atoms with Crippen LogP contribution < -0.4 is 0 Å². The van der Waals surface area contributed by atoms with E-state index < -0.39 is 0 Å². The van der Waals surface area contributed by atoms with Crippen molar-refractivity contribution in [3.63, 3.8) is 0 Å². The van der Waals surface area contributed by atoms with Gasteiger partial charge in [-0.2, -0.15) is 0 Å². The summed E-state index contributed by atoms with van der Waals surface area (Å²) in [5, 5.41) is 0. The van der Waals surface area contributed by atoms with Crippen LogP contribution in [-0.2, 0) is 19.3 Å². The van der Waals surface area contributed by atoms with E-state index in [9.17, 15) is 0 Å². The third-order valence-corrected chi connectivity index (χ3v) is 3.70. The molecule has 0 aliphatic heterocycles. The van der Waals surface area contributed by atoms with Gasteiger partial charge in [0.05, 0.1) is 0 Å². The van der Waals surface area contributed by atoms with Crippen LogP contribution in [0.25, 0.3) is 6.08 Å². The summed E-state index contributed by atoms with van der Waals surface area (Å²) >= 11 is 0. The molecule has 0 spiro atoms. The lowest BCUT2D eigenvalue weighted by atomic mass is 9.95. The summed E-state index contributed by atoms with van der Waals surface area (Å²) in [5.74, 6) is 0. The van der Waals surface area contributed by atoms with Gasteiger partial charge in [-0.25, -0.2) is 0 Å². The Morgan fingerprint density at radius 2 is 1.93 bits per heavy atom. The van der Waals surface area contributed by atoms with Crippen LogP contribution in [0.5, 0.6) is 0 Å². The first-order valence-corrected chi connectivity index (χ1v) is 5.57. The zero-order valence-electron chi connectivity index (χ0n) is 8.98. The summed E-state index contributed by atoms with van der Waals surface area (Å²) in [6.07, 6.45) is 7.53. The van der Waals surface area contributed by atoms with Crippen LogP contribution in [-0.4, -0.2) is 0 Å². The molecule has 0 aromatic heterocycles. The Morgan fingerprint density at radius 3 is 2.79 bits per heavy atom. The van der Waals surface area contributed by atoms with Crippen molar-refractivity contribution in [3.05, 3.63) is 39.5 Å². The molecule has 0 N–H and O–H groups in total. The second kappa shape index (κ2) is 2.73. The average molecular weight is 184 g/mol. The molecule has 2 aliphatic rings. The van der Waals surface area contributed by atoms with Crippen molar-refractivity contribution in [2.24, 2.45) is 0 Å². The molecule has 0 atom stereocenters. The quantitative estimate of drug-likeness (QED) is 0.579. The highest BCUT2D eigenvalue weighted by Crippen LogP contribution is 2.35. The van der Waals surface area contributed by atoms with E-state index in [1.807, 2.05) is 0 Å². The lowest BCUT2D eigenvalue weighted by Gasteiger charge is -2.10. The predicted octanol–water partition coefficient (Wildman–Crippen LogP) is 3.44. The van der Waals surface area contributed by atoms with Gasteiger partial charge < -0.3 is 0 Å². The Hall–Kier alpha value is -1.04. The molecule has 14 heavy (non-hydrogen) atoms. The molecular formula is C14H16. The molecule has 0 amide bonds. The second-order valence-electron chi connectivity index (χ2n) is 4.73. The molecule has 0 unspecified atom stereocenters. The van der Waals surface area contributed by atoms with Crippen molar-refractivity contribution in [2.75, 3.05) is 0 Å². The molecule has 0 radical (unpaired) electrons. The van der Waals surface area contributed by atoms with E-state index in [0.717, 1.165) is 0 Å². The fourth-order valence-corrected chi connectivity index (χ4v) is 2.99. The molecule has 0 nitrogen and oxygen atoms in total. The van der Waals surface area contributed by atoms with Crippen LogP contribution in [0.2, 0.25) is 0 Å². The minimum absolute atomic E-state index is 1.19. The number of hydrogen-bond acceptors (Lipinski definition) is 0. The maximum absolute atomic E-state index is 2.43. The van der Waals surface area contributed by atoms with Crippen LogP contribution >= 0.6 is 0 Å². The minimum Gasteiger partial charge on any atom is -0.0683 e. The molecule has 1 aromatic rings. The average Bonchev–Trinajstić information content (AvgIpc) is 2.71. The largest absolute Gasteiger partial charge is 0.0683 e. The zero-order chi connectivity index (χ0) is 9.71. The van der Waals surface area contributed by atoms with Crippen LogP contribution in [0.4, 0.5) is 0 Å². The Morgan fingerprint density at radius 1 is 1.07 bits per heavy atom. The van der Waals surface area contributed by atoms with Crippen molar-refractivity contribution < 1.29 is 0 Å². The monoisotopic (exact) mass is 184 g/mol. The third kappa shape index (κ3) is 1.00. The highest BCUT2D eigenvalue weighted by Gasteiger charge is 2.20. The lowest BCUT2D eigenvalue weighted by Crippen LogP contribution is -1.95. The third-order valence-electron chi connectivity index (χ3n) is 3.70. The Bertz CT molecular complexity index is 436. The summed E-state index contributed by atoms with van der Waals surface area (Å²) in [7, 11) is 0. The van der Waals surface area contributed by atoms with Crippen molar-refractivity contribution >= 4 is 6.08 Å². The van der Waals surface area contributed by atoms with E-state index in [-0.39, 0.29) is 0 Å². The fraction of sp³-hybridized carbons (Fsp3) is 0.429. The maximum atomic E-state index is 2.43. The molecule has 1 aromatic carbocycles. The van der Waals surface area contributed by atoms with Gasteiger partial charge in [0, 0.05) is 0 Å². The van der Waals surface area contributed by atoms with E-state index in [0.29, 0.717) is 0 Å². The molecule has 72 valence electrons. The van der Waals surface area contributed by atoms with E-state index in [4.69, 9.17) is 0 Å². The normalized spacial score (nSPS) is 18.0. The van der Waals surface area contributed by atoms with Crippen LogP contribution in [0.15, 0.2) is 11.6 Å². The molecule has 0 bridgehead atoms. The van der Waals surface area contributed by atoms with Gasteiger partial charge in [-0.3, -0.25) is 0 Å². The summed E-state index contributed by atoms with van der Waals surface area (Å²) in [6, 6.07) is 2.43. The van der Waals surface area contributed by atoms with Crippen LogP contribution in [0.1, 0.15) is 41.2 Å². The number of rotatable bonds is 0. The summed E-state index contributed by atoms with van der Waals surface area (Å²) in [5.41, 5.74) is 9.48. The summed E-state index contributed by atoms with van der Waals surface area (Å²) < 4.78 is 0. The van der Waals surface area contributed by atoms with Gasteiger partial charge in [-0.05, 0) is 67.3 Å². The SMILES string of the molecule is CC1=Cc2cc3c(c(C)c2C1)CCC3.